The fraction of sp³-hybridized carbons (Fsp3) is 0.387. The number of likely N-dealkylation sites (tertiary alicyclic amines) is 1. The molecule has 11 nitrogen and oxygen atoms in total. The van der Waals surface area contributed by atoms with Crippen molar-refractivity contribution in [2.45, 2.75) is 45.7 Å². The Morgan fingerprint density at radius 2 is 1.78 bits per heavy atom. The van der Waals surface area contributed by atoms with Gasteiger partial charge in [0, 0.05) is 56.2 Å². The first-order chi connectivity index (χ1) is 21.3. The maximum Gasteiger partial charge on any atom is 0.322 e. The van der Waals surface area contributed by atoms with Crippen molar-refractivity contribution in [3.05, 3.63) is 77.5 Å². The molecule has 4 N–H and O–H groups in total. The lowest BCUT2D eigenvalue weighted by Crippen LogP contribution is -2.49. The van der Waals surface area contributed by atoms with E-state index in [0.29, 0.717) is 55.2 Å². The van der Waals surface area contributed by atoms with Crippen LogP contribution in [0.5, 0.6) is 11.6 Å². The number of carbonyl (C=O) groups is 2. The largest absolute Gasteiger partial charge is 0.439 e. The minimum atomic E-state index is -3.36. The van der Waals surface area contributed by atoms with Crippen LogP contribution in [-0.4, -0.2) is 67.1 Å². The number of halogens is 2. The molecule has 45 heavy (non-hydrogen) atoms. The number of aromatic nitrogens is 1. The van der Waals surface area contributed by atoms with E-state index in [-0.39, 0.29) is 11.7 Å². The van der Waals surface area contributed by atoms with E-state index in [1.165, 1.54) is 0 Å². The molecular formula is C31H38F2N6O5S. The number of urea groups is 1. The molecule has 3 amide bonds. The predicted octanol–water partition coefficient (Wildman–Crippen LogP) is 5.17. The number of hydrogen-bond donors (Lipinski definition) is 3. The van der Waals surface area contributed by atoms with Crippen molar-refractivity contribution in [1.82, 2.24) is 14.8 Å². The van der Waals surface area contributed by atoms with Crippen LogP contribution < -0.4 is 20.5 Å². The molecule has 3 aromatic rings. The van der Waals surface area contributed by atoms with E-state index in [1.807, 2.05) is 6.07 Å². The van der Waals surface area contributed by atoms with Crippen molar-refractivity contribution in [2.24, 2.45) is 11.7 Å². The minimum Gasteiger partial charge on any atom is -0.439 e. The molecule has 242 valence electrons. The van der Waals surface area contributed by atoms with Crippen LogP contribution in [0.1, 0.15) is 49.0 Å². The van der Waals surface area contributed by atoms with Gasteiger partial charge >= 0.3 is 6.03 Å². The van der Waals surface area contributed by atoms with Crippen molar-refractivity contribution >= 4 is 33.3 Å². The predicted molar refractivity (Wildman–Crippen MR) is 168 cm³/mol. The molecule has 1 fully saturated rings. The fourth-order valence-electron chi connectivity index (χ4n) is 5.01. The van der Waals surface area contributed by atoms with Gasteiger partial charge in [0.05, 0.1) is 17.5 Å². The zero-order valence-electron chi connectivity index (χ0n) is 25.4. The van der Waals surface area contributed by atoms with Gasteiger partial charge in [-0.25, -0.2) is 27.0 Å². The molecule has 14 heteroatoms. The van der Waals surface area contributed by atoms with E-state index in [2.05, 4.69) is 33.8 Å². The summed E-state index contributed by atoms with van der Waals surface area (Å²) in [6, 6.07) is 11.0. The maximum absolute atomic E-state index is 14.5. The summed E-state index contributed by atoms with van der Waals surface area (Å²) in [5, 5.41) is 2.52. The van der Waals surface area contributed by atoms with Crippen molar-refractivity contribution in [3.63, 3.8) is 0 Å². The Balaban J connectivity index is 1.33. The Morgan fingerprint density at radius 3 is 2.36 bits per heavy atom. The smallest absolute Gasteiger partial charge is 0.322 e. The van der Waals surface area contributed by atoms with Gasteiger partial charge in [0.1, 0.15) is 17.4 Å². The summed E-state index contributed by atoms with van der Waals surface area (Å²) in [7, 11) is -3.36. The zero-order chi connectivity index (χ0) is 32.7. The monoisotopic (exact) mass is 644 g/mol. The number of rotatable bonds is 12. The van der Waals surface area contributed by atoms with Gasteiger partial charge in [-0.1, -0.05) is 19.9 Å². The topological polar surface area (TPSA) is 147 Å². The number of piperidine rings is 1. The van der Waals surface area contributed by atoms with Crippen LogP contribution in [0.25, 0.3) is 0 Å². The number of nitrogens with one attached hydrogen (secondary N) is 2. The average Bonchev–Trinajstić information content (AvgIpc) is 2.96. The average molecular weight is 645 g/mol. The zero-order valence-corrected chi connectivity index (χ0v) is 26.2. The Morgan fingerprint density at radius 1 is 1.09 bits per heavy atom. The number of primary amides is 1. The van der Waals surface area contributed by atoms with E-state index in [9.17, 15) is 26.8 Å². The first-order valence-electron chi connectivity index (χ1n) is 14.6. The molecule has 1 aliphatic heterocycles. The lowest BCUT2D eigenvalue weighted by Gasteiger charge is -2.39. The summed E-state index contributed by atoms with van der Waals surface area (Å²) in [4.78, 5) is 33.2. The van der Waals surface area contributed by atoms with Crippen LogP contribution >= 0.6 is 0 Å². The summed E-state index contributed by atoms with van der Waals surface area (Å²) in [6.45, 7) is 6.66. The number of ether oxygens (including phenoxy) is 1. The second-order valence-electron chi connectivity index (χ2n) is 11.5. The summed E-state index contributed by atoms with van der Waals surface area (Å²) in [5.74, 6) is -1.89. The van der Waals surface area contributed by atoms with Gasteiger partial charge in [0.2, 0.25) is 15.9 Å². The number of carbonyl (C=O) groups excluding carboxylic acids is 2. The van der Waals surface area contributed by atoms with Gasteiger partial charge in [-0.15, -0.1) is 0 Å². The molecule has 0 spiro atoms. The van der Waals surface area contributed by atoms with Crippen molar-refractivity contribution in [2.75, 3.05) is 35.9 Å². The van der Waals surface area contributed by atoms with E-state index in [4.69, 9.17) is 10.5 Å². The Bertz CT molecular complexity index is 1600. The number of benzene rings is 2. The quantitative estimate of drug-likeness (QED) is 0.247. The van der Waals surface area contributed by atoms with Gasteiger partial charge in [-0.05, 0) is 61.1 Å². The van der Waals surface area contributed by atoms with Crippen LogP contribution in [0.4, 0.5) is 25.0 Å². The highest BCUT2D eigenvalue weighted by molar-refractivity contribution is 7.92. The summed E-state index contributed by atoms with van der Waals surface area (Å²) in [6.07, 6.45) is 4.96. The van der Waals surface area contributed by atoms with Crippen molar-refractivity contribution < 1.29 is 31.5 Å². The molecule has 1 aliphatic rings. The van der Waals surface area contributed by atoms with Crippen molar-refractivity contribution in [1.29, 1.82) is 0 Å². The molecule has 0 atom stereocenters. The number of hydrogen-bond acceptors (Lipinski definition) is 7. The van der Waals surface area contributed by atoms with Crippen LogP contribution in [0, 0.1) is 17.6 Å². The van der Waals surface area contributed by atoms with Gasteiger partial charge in [-0.3, -0.25) is 14.4 Å². The highest BCUT2D eigenvalue weighted by atomic mass is 32.2. The van der Waals surface area contributed by atoms with Crippen LogP contribution in [0.2, 0.25) is 0 Å². The molecule has 0 unspecified atom stereocenters. The molecule has 4 rings (SSSR count). The highest BCUT2D eigenvalue weighted by Crippen LogP contribution is 2.25. The summed E-state index contributed by atoms with van der Waals surface area (Å²) < 4.78 is 59.3. The fourth-order valence-corrected chi connectivity index (χ4v) is 5.57. The third-order valence-corrected chi connectivity index (χ3v) is 7.96. The molecule has 0 aliphatic carbocycles. The number of sulfonamides is 1. The van der Waals surface area contributed by atoms with Gasteiger partial charge in [0.25, 0.3) is 5.91 Å². The second-order valence-corrected chi connectivity index (χ2v) is 13.2. The lowest BCUT2D eigenvalue weighted by atomic mass is 10.0. The highest BCUT2D eigenvalue weighted by Gasteiger charge is 2.29. The normalized spacial score (nSPS) is 14.3. The molecule has 0 bridgehead atoms. The number of anilines is 2. The van der Waals surface area contributed by atoms with Crippen LogP contribution in [-0.2, 0) is 16.6 Å². The van der Waals surface area contributed by atoms with Gasteiger partial charge in [-0.2, -0.15) is 0 Å². The third kappa shape index (κ3) is 9.85. The first-order valence-corrected chi connectivity index (χ1v) is 16.5. The molecule has 2 aromatic carbocycles. The SMILES string of the molecule is CC(C)CCN(C(=O)Nc1cc(C(N)=O)c(F)cc1F)C1CCN(Cc2ccc(Oc3ccc(NS(C)(=O)=O)cc3)nc2)CC1. The molecule has 2 heterocycles. The van der Waals surface area contributed by atoms with Gasteiger partial charge in [0.15, 0.2) is 0 Å². The first kappa shape index (κ1) is 33.6. The minimum absolute atomic E-state index is 0.0907. The number of pyridine rings is 1. The number of amides is 3. The maximum atomic E-state index is 14.5. The Kier molecular flexibility index (Phi) is 10.9. The van der Waals surface area contributed by atoms with E-state index in [0.717, 1.165) is 37.4 Å². The van der Waals surface area contributed by atoms with Gasteiger partial charge < -0.3 is 20.7 Å². The molecule has 1 aromatic heterocycles. The molecule has 0 radical (unpaired) electrons. The second kappa shape index (κ2) is 14.7. The van der Waals surface area contributed by atoms with Crippen LogP contribution in [0.3, 0.4) is 0 Å². The van der Waals surface area contributed by atoms with E-state index in [1.54, 1.807) is 41.4 Å². The number of nitrogens with zero attached hydrogens (tertiary/aromatic N) is 3. The standard InChI is InChI=1S/C31H38F2N6O5S/c1-20(2)10-15-39(31(41)36-28-16-25(30(34)40)26(32)17-27(28)33)23-11-13-38(14-12-23)19-21-4-9-29(35-18-21)44-24-7-5-22(6-8-24)37-45(3,42)43/h4-9,16-18,20,23,37H,10-15,19H2,1-3H3,(H2,34,40)(H,36,41). The Labute approximate surface area is 261 Å². The summed E-state index contributed by atoms with van der Waals surface area (Å²) in [5.41, 5.74) is 5.81. The Hall–Kier alpha value is -4.30. The molecule has 1 saturated heterocycles. The third-order valence-electron chi connectivity index (χ3n) is 7.35. The molecular weight excluding hydrogens is 606 g/mol. The number of nitrogens with two attached hydrogens (primary N) is 1. The van der Waals surface area contributed by atoms with E-state index < -0.39 is 39.2 Å². The van der Waals surface area contributed by atoms with Crippen molar-refractivity contribution in [3.8, 4) is 11.6 Å². The lowest BCUT2D eigenvalue weighted by molar-refractivity contribution is 0.0996. The van der Waals surface area contributed by atoms with E-state index >= 15 is 0 Å². The summed E-state index contributed by atoms with van der Waals surface area (Å²) >= 11 is 0. The van der Waals surface area contributed by atoms with Crippen LogP contribution in [0.15, 0.2) is 54.7 Å². The molecule has 0 saturated carbocycles.